The van der Waals surface area contributed by atoms with Gasteiger partial charge in [-0.1, -0.05) is 12.1 Å². The van der Waals surface area contributed by atoms with Crippen molar-refractivity contribution in [2.24, 2.45) is 0 Å². The third-order valence-corrected chi connectivity index (χ3v) is 4.90. The lowest BCUT2D eigenvalue weighted by Gasteiger charge is -2.16. The van der Waals surface area contributed by atoms with Gasteiger partial charge in [-0.05, 0) is 59.2 Å². The van der Waals surface area contributed by atoms with Crippen LogP contribution >= 0.6 is 11.3 Å². The van der Waals surface area contributed by atoms with Gasteiger partial charge >= 0.3 is 0 Å². The molecule has 0 unspecified atom stereocenters. The van der Waals surface area contributed by atoms with Gasteiger partial charge in [0, 0.05) is 13.0 Å². The first-order valence-electron chi connectivity index (χ1n) is 8.49. The number of nitrogens with one attached hydrogen (secondary N) is 1. The Kier molecular flexibility index (Phi) is 7.62. The topological polar surface area (TPSA) is 48.5 Å². The molecule has 0 aliphatic carbocycles. The lowest BCUT2D eigenvalue weighted by atomic mass is 10.3. The maximum Gasteiger partial charge on any atom is 0.234 e. The zero-order valence-electron chi connectivity index (χ0n) is 14.9. The zero-order valence-corrected chi connectivity index (χ0v) is 15.7. The quantitative estimate of drug-likeness (QED) is 0.669. The van der Waals surface area contributed by atoms with E-state index in [1.807, 2.05) is 25.2 Å². The van der Waals surface area contributed by atoms with Crippen LogP contribution in [0.2, 0.25) is 0 Å². The molecule has 0 atom stereocenters. The van der Waals surface area contributed by atoms with Crippen LogP contribution in [0.15, 0.2) is 24.3 Å². The van der Waals surface area contributed by atoms with E-state index in [-0.39, 0.29) is 5.91 Å². The summed E-state index contributed by atoms with van der Waals surface area (Å²) in [6, 6.07) is 8.14. The molecule has 0 bridgehead atoms. The first-order valence-corrected chi connectivity index (χ1v) is 9.30. The number of thiazole rings is 1. The summed E-state index contributed by atoms with van der Waals surface area (Å²) < 4.78 is 1.20. The molecule has 0 saturated carbocycles. The van der Waals surface area contributed by atoms with Crippen molar-refractivity contribution in [3.63, 3.8) is 0 Å². The average Bonchev–Trinajstić information content (AvgIpc) is 2.94. The number of benzene rings is 1. The second-order valence-electron chi connectivity index (χ2n) is 6.42. The van der Waals surface area contributed by atoms with E-state index in [0.29, 0.717) is 13.1 Å². The molecule has 2 rings (SSSR count). The average molecular weight is 349 g/mol. The van der Waals surface area contributed by atoms with Gasteiger partial charge in [0.15, 0.2) is 0 Å². The summed E-state index contributed by atoms with van der Waals surface area (Å²) in [6.45, 7) is 3.16. The molecule has 0 aliphatic rings. The molecule has 0 saturated heterocycles. The van der Waals surface area contributed by atoms with Gasteiger partial charge in [-0.25, -0.2) is 4.98 Å². The van der Waals surface area contributed by atoms with Gasteiger partial charge < -0.3 is 10.2 Å². The van der Waals surface area contributed by atoms with Crippen LogP contribution in [0.3, 0.4) is 0 Å². The number of fused-ring (bicyclic) bond motifs is 1. The highest BCUT2D eigenvalue weighted by atomic mass is 32.1. The van der Waals surface area contributed by atoms with E-state index in [9.17, 15) is 4.79 Å². The number of rotatable bonds is 10. The van der Waals surface area contributed by atoms with Crippen LogP contribution in [0.4, 0.5) is 0 Å². The number of hydrogen-bond acceptors (Lipinski definition) is 5. The lowest BCUT2D eigenvalue weighted by Crippen LogP contribution is -2.36. The standard InChI is InChI=1S/C18H28N4OS/c1-21(2)12-6-7-13-22(3)14-17(23)19-11-10-18-20-15-8-4-5-9-16(15)24-18/h4-5,8-9H,6-7,10-14H2,1-3H3,(H,19,23). The van der Waals surface area contributed by atoms with Crippen molar-refractivity contribution in [3.8, 4) is 0 Å². The molecule has 24 heavy (non-hydrogen) atoms. The predicted octanol–water partition coefficient (Wildman–Crippen LogP) is 2.23. The van der Waals surface area contributed by atoms with Crippen LogP contribution in [0.5, 0.6) is 0 Å². The first-order chi connectivity index (χ1) is 11.5. The number of para-hydroxylation sites is 1. The summed E-state index contributed by atoms with van der Waals surface area (Å²) in [5.41, 5.74) is 1.04. The van der Waals surface area contributed by atoms with E-state index < -0.39 is 0 Å². The second kappa shape index (κ2) is 9.71. The number of hydrogen-bond donors (Lipinski definition) is 1. The van der Waals surface area contributed by atoms with Crippen molar-refractivity contribution in [3.05, 3.63) is 29.3 Å². The highest BCUT2D eigenvalue weighted by Gasteiger charge is 2.07. The maximum absolute atomic E-state index is 12.0. The van der Waals surface area contributed by atoms with Crippen LogP contribution in [-0.4, -0.2) is 68.0 Å². The zero-order chi connectivity index (χ0) is 17.4. The van der Waals surface area contributed by atoms with Crippen molar-refractivity contribution >= 4 is 27.5 Å². The second-order valence-corrected chi connectivity index (χ2v) is 7.54. The molecule has 1 amide bonds. The molecule has 0 aliphatic heterocycles. The fraction of sp³-hybridized carbons (Fsp3) is 0.556. The van der Waals surface area contributed by atoms with Crippen LogP contribution < -0.4 is 5.32 Å². The summed E-state index contributed by atoms with van der Waals surface area (Å²) in [4.78, 5) is 20.8. The van der Waals surface area contributed by atoms with E-state index in [1.54, 1.807) is 11.3 Å². The van der Waals surface area contributed by atoms with Crippen LogP contribution in [0, 0.1) is 0 Å². The Hall–Kier alpha value is -1.50. The predicted molar refractivity (Wildman–Crippen MR) is 102 cm³/mol. The Morgan fingerprint density at radius 3 is 2.67 bits per heavy atom. The van der Waals surface area contributed by atoms with Gasteiger partial charge in [0.05, 0.1) is 21.8 Å². The smallest absolute Gasteiger partial charge is 0.234 e. The van der Waals surface area contributed by atoms with E-state index in [1.165, 1.54) is 4.70 Å². The van der Waals surface area contributed by atoms with Crippen molar-refractivity contribution in [2.45, 2.75) is 19.3 Å². The van der Waals surface area contributed by atoms with Gasteiger partial charge in [0.25, 0.3) is 0 Å². The van der Waals surface area contributed by atoms with E-state index >= 15 is 0 Å². The molecule has 1 aromatic heterocycles. The van der Waals surface area contributed by atoms with Gasteiger partial charge in [0.1, 0.15) is 0 Å². The third kappa shape index (κ3) is 6.55. The van der Waals surface area contributed by atoms with Gasteiger partial charge in [0.2, 0.25) is 5.91 Å². The first kappa shape index (κ1) is 18.8. The highest BCUT2D eigenvalue weighted by Crippen LogP contribution is 2.21. The third-order valence-electron chi connectivity index (χ3n) is 3.81. The van der Waals surface area contributed by atoms with E-state index in [0.717, 1.165) is 42.9 Å². The number of carbonyl (C=O) groups excluding carboxylic acids is 1. The number of unbranched alkanes of at least 4 members (excludes halogenated alkanes) is 1. The molecular formula is C18H28N4OS. The molecule has 2 aromatic rings. The van der Waals surface area contributed by atoms with E-state index in [2.05, 4.69) is 40.3 Å². The monoisotopic (exact) mass is 348 g/mol. The lowest BCUT2D eigenvalue weighted by molar-refractivity contribution is -0.121. The number of amides is 1. The molecule has 132 valence electrons. The van der Waals surface area contributed by atoms with Crippen molar-refractivity contribution in [2.75, 3.05) is 47.3 Å². The normalized spacial score (nSPS) is 11.5. The Labute approximate surface area is 148 Å². The minimum Gasteiger partial charge on any atom is -0.355 e. The Bertz CT molecular complexity index is 608. The molecule has 0 fully saturated rings. The van der Waals surface area contributed by atoms with Crippen molar-refractivity contribution in [1.29, 1.82) is 0 Å². The largest absolute Gasteiger partial charge is 0.355 e. The number of aromatic nitrogens is 1. The SMILES string of the molecule is CN(C)CCCCN(C)CC(=O)NCCc1nc2ccccc2s1. The molecule has 1 heterocycles. The molecule has 0 radical (unpaired) electrons. The molecule has 5 nitrogen and oxygen atoms in total. The number of nitrogens with zero attached hydrogens (tertiary/aromatic N) is 3. The van der Waals surface area contributed by atoms with Crippen LogP contribution in [0.1, 0.15) is 17.8 Å². The van der Waals surface area contributed by atoms with Crippen molar-refractivity contribution < 1.29 is 4.79 Å². The molecular weight excluding hydrogens is 320 g/mol. The van der Waals surface area contributed by atoms with Gasteiger partial charge in [-0.3, -0.25) is 9.69 Å². The van der Waals surface area contributed by atoms with Crippen LogP contribution in [0.25, 0.3) is 10.2 Å². The van der Waals surface area contributed by atoms with Crippen molar-refractivity contribution in [1.82, 2.24) is 20.1 Å². The molecule has 6 heteroatoms. The summed E-state index contributed by atoms with van der Waals surface area (Å²) >= 11 is 1.70. The van der Waals surface area contributed by atoms with Gasteiger partial charge in [-0.15, -0.1) is 11.3 Å². The Morgan fingerprint density at radius 1 is 1.17 bits per heavy atom. The highest BCUT2D eigenvalue weighted by molar-refractivity contribution is 7.18. The fourth-order valence-corrected chi connectivity index (χ4v) is 3.49. The minimum atomic E-state index is 0.0891. The Morgan fingerprint density at radius 2 is 1.92 bits per heavy atom. The Balaban J connectivity index is 1.62. The maximum atomic E-state index is 12.0. The van der Waals surface area contributed by atoms with E-state index in [4.69, 9.17) is 0 Å². The summed E-state index contributed by atoms with van der Waals surface area (Å²) in [6.07, 6.45) is 3.07. The number of carbonyl (C=O) groups is 1. The summed E-state index contributed by atoms with van der Waals surface area (Å²) in [5.74, 6) is 0.0891. The molecule has 1 N–H and O–H groups in total. The summed E-state index contributed by atoms with van der Waals surface area (Å²) in [7, 11) is 6.17. The molecule has 0 spiro atoms. The molecule has 1 aromatic carbocycles. The van der Waals surface area contributed by atoms with Crippen LogP contribution in [-0.2, 0) is 11.2 Å². The fourth-order valence-electron chi connectivity index (χ4n) is 2.53. The number of likely N-dealkylation sites (N-methyl/N-ethyl adjacent to an activating group) is 1. The minimum absolute atomic E-state index is 0.0891. The van der Waals surface area contributed by atoms with Gasteiger partial charge in [-0.2, -0.15) is 0 Å². The summed E-state index contributed by atoms with van der Waals surface area (Å²) in [5, 5.41) is 4.07.